The highest BCUT2D eigenvalue weighted by molar-refractivity contribution is 9.10. The number of halogens is 1. The van der Waals surface area contributed by atoms with Gasteiger partial charge in [-0.2, -0.15) is 0 Å². The van der Waals surface area contributed by atoms with E-state index < -0.39 is 0 Å². The van der Waals surface area contributed by atoms with E-state index in [-0.39, 0.29) is 12.0 Å². The van der Waals surface area contributed by atoms with Crippen LogP contribution in [0, 0.1) is 0 Å². The Morgan fingerprint density at radius 2 is 1.96 bits per heavy atom. The van der Waals surface area contributed by atoms with Crippen molar-refractivity contribution < 1.29 is 14.3 Å². The van der Waals surface area contributed by atoms with Gasteiger partial charge in [0.15, 0.2) is 0 Å². The highest BCUT2D eigenvalue weighted by Gasteiger charge is 2.12. The van der Waals surface area contributed by atoms with E-state index in [2.05, 4.69) is 21.2 Å². The second-order valence-corrected chi connectivity index (χ2v) is 6.40. The summed E-state index contributed by atoms with van der Waals surface area (Å²) < 4.78 is 12.1. The van der Waals surface area contributed by atoms with E-state index in [1.807, 2.05) is 57.2 Å². The molecule has 0 heterocycles. The van der Waals surface area contributed by atoms with Crippen molar-refractivity contribution >= 4 is 27.5 Å². The third-order valence-electron chi connectivity index (χ3n) is 3.32. The third kappa shape index (κ3) is 5.08. The lowest BCUT2D eigenvalue weighted by molar-refractivity contribution is 0.0641. The predicted octanol–water partition coefficient (Wildman–Crippen LogP) is 5.03. The van der Waals surface area contributed by atoms with Crippen molar-refractivity contribution in [3.05, 3.63) is 58.1 Å². The van der Waals surface area contributed by atoms with Crippen molar-refractivity contribution in [1.82, 2.24) is 0 Å². The zero-order chi connectivity index (χ0) is 17.5. The Morgan fingerprint density at radius 3 is 2.62 bits per heavy atom. The number of nitrogens with one attached hydrogen (secondary N) is 1. The molecule has 0 radical (unpaired) electrons. The summed E-state index contributed by atoms with van der Waals surface area (Å²) in [5.41, 5.74) is 2.17. The van der Waals surface area contributed by atoms with E-state index in [4.69, 9.17) is 9.47 Å². The van der Waals surface area contributed by atoms with E-state index in [1.54, 1.807) is 6.07 Å². The highest BCUT2D eigenvalue weighted by Crippen LogP contribution is 2.25. The summed E-state index contributed by atoms with van der Waals surface area (Å²) in [6.45, 7) is 6.86. The number of hydrogen-bond acceptors (Lipinski definition) is 3. The zero-order valence-corrected chi connectivity index (χ0v) is 15.7. The van der Waals surface area contributed by atoms with Crippen LogP contribution in [0.15, 0.2) is 46.9 Å². The maximum atomic E-state index is 12.5. The minimum atomic E-state index is -0.171. The Hall–Kier alpha value is -1.85. The Labute approximate surface area is 151 Å². The van der Waals surface area contributed by atoms with Crippen molar-refractivity contribution in [1.29, 1.82) is 0 Å². The molecule has 24 heavy (non-hydrogen) atoms. The lowest BCUT2D eigenvalue weighted by atomic mass is 10.1. The zero-order valence-electron chi connectivity index (χ0n) is 14.1. The number of carbonyl (C=O) groups is 1. The van der Waals surface area contributed by atoms with Gasteiger partial charge in [0, 0.05) is 15.6 Å². The fraction of sp³-hybridized carbons (Fsp3) is 0.316. The summed E-state index contributed by atoms with van der Waals surface area (Å²) in [7, 11) is 0. The van der Waals surface area contributed by atoms with Crippen molar-refractivity contribution in [2.45, 2.75) is 33.5 Å². The van der Waals surface area contributed by atoms with E-state index in [9.17, 15) is 4.79 Å². The number of para-hydroxylation sites is 1. The molecule has 4 nitrogen and oxygen atoms in total. The molecular formula is C19H22BrNO3. The number of hydrogen-bond donors (Lipinski definition) is 1. The van der Waals surface area contributed by atoms with E-state index in [1.165, 1.54) is 0 Å². The standard InChI is InChI=1S/C19H22BrNO3/c1-4-23-18-10-9-14(11-15(18)12-24-13(2)3)19(22)21-17-8-6-5-7-16(17)20/h5-11,13H,4,12H2,1-3H3,(H,21,22). The molecule has 0 spiro atoms. The Balaban J connectivity index is 2.21. The van der Waals surface area contributed by atoms with Crippen molar-refractivity contribution in [3.63, 3.8) is 0 Å². The van der Waals surface area contributed by atoms with Crippen LogP contribution in [0.1, 0.15) is 36.7 Å². The quantitative estimate of drug-likeness (QED) is 0.720. The van der Waals surface area contributed by atoms with Crippen LogP contribution in [0.5, 0.6) is 5.75 Å². The molecule has 0 bridgehead atoms. The van der Waals surface area contributed by atoms with Gasteiger partial charge in [0.1, 0.15) is 5.75 Å². The molecule has 0 aliphatic rings. The van der Waals surface area contributed by atoms with Crippen LogP contribution < -0.4 is 10.1 Å². The van der Waals surface area contributed by atoms with Gasteiger partial charge in [0.05, 0.1) is 25.0 Å². The molecule has 0 saturated heterocycles. The van der Waals surface area contributed by atoms with Gasteiger partial charge < -0.3 is 14.8 Å². The van der Waals surface area contributed by atoms with Crippen molar-refractivity contribution in [2.75, 3.05) is 11.9 Å². The molecule has 1 amide bonds. The van der Waals surface area contributed by atoms with Crippen LogP contribution in [0.4, 0.5) is 5.69 Å². The number of benzene rings is 2. The van der Waals surface area contributed by atoms with Gasteiger partial charge in [0.25, 0.3) is 5.91 Å². The minimum Gasteiger partial charge on any atom is -0.494 e. The van der Waals surface area contributed by atoms with Crippen LogP contribution in [-0.2, 0) is 11.3 Å². The van der Waals surface area contributed by atoms with Gasteiger partial charge >= 0.3 is 0 Å². The SMILES string of the molecule is CCOc1ccc(C(=O)Nc2ccccc2Br)cc1COC(C)C. The molecular weight excluding hydrogens is 370 g/mol. The molecule has 128 valence electrons. The summed E-state index contributed by atoms with van der Waals surface area (Å²) in [4.78, 5) is 12.5. The molecule has 0 fully saturated rings. The first-order valence-corrected chi connectivity index (χ1v) is 8.73. The summed E-state index contributed by atoms with van der Waals surface area (Å²) in [5.74, 6) is 0.575. The largest absolute Gasteiger partial charge is 0.494 e. The fourth-order valence-electron chi connectivity index (χ4n) is 2.14. The molecule has 2 rings (SSSR count). The first-order chi connectivity index (χ1) is 11.5. The van der Waals surface area contributed by atoms with Gasteiger partial charge in [-0.05, 0) is 67.0 Å². The van der Waals surface area contributed by atoms with Gasteiger partial charge in [-0.25, -0.2) is 0 Å². The lowest BCUT2D eigenvalue weighted by Crippen LogP contribution is -2.13. The van der Waals surface area contributed by atoms with Gasteiger partial charge in [-0.15, -0.1) is 0 Å². The second kappa shape index (κ2) is 8.85. The number of ether oxygens (including phenoxy) is 2. The molecule has 1 N–H and O–H groups in total. The molecule has 2 aromatic rings. The molecule has 0 atom stereocenters. The summed E-state index contributed by atoms with van der Waals surface area (Å²) in [6.07, 6.45) is 0.109. The molecule has 0 saturated carbocycles. The van der Waals surface area contributed by atoms with Crippen molar-refractivity contribution in [2.24, 2.45) is 0 Å². The monoisotopic (exact) mass is 391 g/mol. The molecule has 0 aromatic heterocycles. The average molecular weight is 392 g/mol. The normalized spacial score (nSPS) is 10.7. The van der Waals surface area contributed by atoms with Crippen LogP contribution in [0.2, 0.25) is 0 Å². The number of carbonyl (C=O) groups excluding carboxylic acids is 1. The van der Waals surface area contributed by atoms with E-state index >= 15 is 0 Å². The van der Waals surface area contributed by atoms with Crippen molar-refractivity contribution in [3.8, 4) is 5.75 Å². The summed E-state index contributed by atoms with van der Waals surface area (Å²) >= 11 is 3.43. The number of rotatable bonds is 7. The molecule has 0 aliphatic carbocycles. The highest BCUT2D eigenvalue weighted by atomic mass is 79.9. The first kappa shape index (κ1) is 18.5. The molecule has 2 aromatic carbocycles. The minimum absolute atomic E-state index is 0.109. The van der Waals surface area contributed by atoms with Crippen LogP contribution >= 0.6 is 15.9 Å². The number of anilines is 1. The Morgan fingerprint density at radius 1 is 1.21 bits per heavy atom. The van der Waals surface area contributed by atoms with Gasteiger partial charge in [-0.1, -0.05) is 12.1 Å². The third-order valence-corrected chi connectivity index (χ3v) is 4.01. The van der Waals surface area contributed by atoms with E-state index in [0.29, 0.717) is 18.8 Å². The molecule has 5 heteroatoms. The average Bonchev–Trinajstić information content (AvgIpc) is 2.56. The second-order valence-electron chi connectivity index (χ2n) is 5.55. The van der Waals surface area contributed by atoms with Crippen LogP contribution in [0.3, 0.4) is 0 Å². The van der Waals surface area contributed by atoms with Crippen LogP contribution in [0.25, 0.3) is 0 Å². The Bertz CT molecular complexity index is 701. The summed E-state index contributed by atoms with van der Waals surface area (Å²) in [6, 6.07) is 12.9. The number of amides is 1. The summed E-state index contributed by atoms with van der Waals surface area (Å²) in [5, 5.41) is 2.90. The molecule has 0 aliphatic heterocycles. The topological polar surface area (TPSA) is 47.6 Å². The smallest absolute Gasteiger partial charge is 0.255 e. The maximum absolute atomic E-state index is 12.5. The van der Waals surface area contributed by atoms with Gasteiger partial charge in [-0.3, -0.25) is 4.79 Å². The lowest BCUT2D eigenvalue weighted by Gasteiger charge is -2.14. The van der Waals surface area contributed by atoms with Gasteiger partial charge in [0.2, 0.25) is 0 Å². The Kier molecular flexibility index (Phi) is 6.82. The first-order valence-electron chi connectivity index (χ1n) is 7.94. The van der Waals surface area contributed by atoms with Crippen LogP contribution in [-0.4, -0.2) is 18.6 Å². The van der Waals surface area contributed by atoms with E-state index in [0.717, 1.165) is 21.5 Å². The predicted molar refractivity (Wildman–Crippen MR) is 99.6 cm³/mol. The maximum Gasteiger partial charge on any atom is 0.255 e. The molecule has 0 unspecified atom stereocenters. The fourth-order valence-corrected chi connectivity index (χ4v) is 2.53.